The molecular formula is C15H11FN2O3. The Bertz CT molecular complexity index is 904. The molecule has 2 N–H and O–H groups in total. The molecule has 0 saturated carbocycles. The molecule has 0 bridgehead atoms. The van der Waals surface area contributed by atoms with E-state index in [0.717, 1.165) is 0 Å². The van der Waals surface area contributed by atoms with Crippen LogP contribution in [-0.2, 0) is 0 Å². The van der Waals surface area contributed by atoms with Crippen LogP contribution in [0.25, 0.3) is 16.7 Å². The highest BCUT2D eigenvalue weighted by atomic mass is 19.1. The molecule has 106 valence electrons. The van der Waals surface area contributed by atoms with Gasteiger partial charge in [0.05, 0.1) is 22.3 Å². The Morgan fingerprint density at radius 1 is 1.29 bits per heavy atom. The molecule has 3 rings (SSSR count). The summed E-state index contributed by atoms with van der Waals surface area (Å²) in [5.41, 5.74) is 1.01. The molecule has 2 aromatic carbocycles. The van der Waals surface area contributed by atoms with Crippen LogP contribution in [-0.4, -0.2) is 20.6 Å². The van der Waals surface area contributed by atoms with Gasteiger partial charge in [0.15, 0.2) is 0 Å². The lowest BCUT2D eigenvalue weighted by atomic mass is 10.1. The van der Waals surface area contributed by atoms with Crippen LogP contribution < -0.4 is 5.69 Å². The van der Waals surface area contributed by atoms with Crippen LogP contribution in [0.5, 0.6) is 0 Å². The topological polar surface area (TPSA) is 75.1 Å². The van der Waals surface area contributed by atoms with E-state index in [0.29, 0.717) is 11.1 Å². The summed E-state index contributed by atoms with van der Waals surface area (Å²) in [6.07, 6.45) is 0. The number of carbonyl (C=O) groups is 1. The molecule has 21 heavy (non-hydrogen) atoms. The van der Waals surface area contributed by atoms with Gasteiger partial charge >= 0.3 is 11.7 Å². The third-order valence-electron chi connectivity index (χ3n) is 3.22. The monoisotopic (exact) mass is 286 g/mol. The van der Waals surface area contributed by atoms with E-state index in [2.05, 4.69) is 4.98 Å². The predicted molar refractivity (Wildman–Crippen MR) is 75.6 cm³/mol. The number of hydrogen-bond donors (Lipinski definition) is 2. The van der Waals surface area contributed by atoms with Gasteiger partial charge in [-0.05, 0) is 42.8 Å². The van der Waals surface area contributed by atoms with Gasteiger partial charge in [0, 0.05) is 0 Å². The molecule has 0 amide bonds. The highest BCUT2D eigenvalue weighted by Crippen LogP contribution is 2.21. The van der Waals surface area contributed by atoms with Crippen molar-refractivity contribution in [3.05, 3.63) is 63.8 Å². The number of fused-ring (bicyclic) bond motifs is 1. The van der Waals surface area contributed by atoms with E-state index in [4.69, 9.17) is 0 Å². The number of aromatic carboxylic acids is 1. The molecule has 0 spiro atoms. The van der Waals surface area contributed by atoms with E-state index in [1.54, 1.807) is 25.1 Å². The summed E-state index contributed by atoms with van der Waals surface area (Å²) in [5, 5.41) is 9.27. The summed E-state index contributed by atoms with van der Waals surface area (Å²) >= 11 is 0. The molecule has 0 radical (unpaired) electrons. The average molecular weight is 286 g/mol. The van der Waals surface area contributed by atoms with Crippen molar-refractivity contribution in [1.29, 1.82) is 0 Å². The zero-order chi connectivity index (χ0) is 15.1. The van der Waals surface area contributed by atoms with Crippen molar-refractivity contribution in [2.75, 3.05) is 0 Å². The Balaban J connectivity index is 2.44. The van der Waals surface area contributed by atoms with Gasteiger partial charge in [0.2, 0.25) is 0 Å². The maximum Gasteiger partial charge on any atom is 0.337 e. The number of halogens is 1. The number of aromatic nitrogens is 2. The first-order chi connectivity index (χ1) is 9.97. The van der Waals surface area contributed by atoms with E-state index in [1.165, 1.54) is 22.8 Å². The van der Waals surface area contributed by atoms with Gasteiger partial charge in [-0.1, -0.05) is 6.07 Å². The molecule has 0 aliphatic rings. The number of benzene rings is 2. The molecule has 1 heterocycles. The van der Waals surface area contributed by atoms with E-state index in [-0.39, 0.29) is 16.8 Å². The Morgan fingerprint density at radius 2 is 2.05 bits per heavy atom. The fourth-order valence-corrected chi connectivity index (χ4v) is 2.42. The fourth-order valence-electron chi connectivity index (χ4n) is 2.42. The molecule has 3 aromatic rings. The van der Waals surface area contributed by atoms with E-state index < -0.39 is 17.5 Å². The molecule has 5 nitrogen and oxygen atoms in total. The quantitative estimate of drug-likeness (QED) is 0.760. The van der Waals surface area contributed by atoms with Gasteiger partial charge in [-0.25, -0.2) is 14.0 Å². The van der Waals surface area contributed by atoms with Gasteiger partial charge < -0.3 is 10.1 Å². The van der Waals surface area contributed by atoms with Crippen LogP contribution in [0.1, 0.15) is 15.9 Å². The number of nitrogens with zero attached hydrogens (tertiary/aromatic N) is 1. The fraction of sp³-hybridized carbons (Fsp3) is 0.0667. The second-order valence-corrected chi connectivity index (χ2v) is 4.76. The molecule has 0 atom stereocenters. The minimum absolute atomic E-state index is 0.0206. The maximum atomic E-state index is 13.6. The second-order valence-electron chi connectivity index (χ2n) is 4.76. The van der Waals surface area contributed by atoms with Crippen LogP contribution in [0.4, 0.5) is 4.39 Å². The molecule has 6 heteroatoms. The first-order valence-electron chi connectivity index (χ1n) is 6.22. The normalized spacial score (nSPS) is 11.0. The third kappa shape index (κ3) is 2.10. The number of H-pyrrole nitrogens is 1. The van der Waals surface area contributed by atoms with Gasteiger partial charge in [0.1, 0.15) is 5.82 Å². The van der Waals surface area contributed by atoms with E-state index in [9.17, 15) is 19.1 Å². The Labute approximate surface area is 118 Å². The van der Waals surface area contributed by atoms with Gasteiger partial charge in [-0.2, -0.15) is 0 Å². The first-order valence-corrected chi connectivity index (χ1v) is 6.22. The Morgan fingerprint density at radius 3 is 2.71 bits per heavy atom. The summed E-state index contributed by atoms with van der Waals surface area (Å²) in [6.45, 7) is 1.70. The second kappa shape index (κ2) is 4.59. The summed E-state index contributed by atoms with van der Waals surface area (Å²) in [6, 6.07) is 8.70. The average Bonchev–Trinajstić information content (AvgIpc) is 2.72. The molecule has 0 fully saturated rings. The van der Waals surface area contributed by atoms with Crippen LogP contribution in [0, 0.1) is 12.7 Å². The summed E-state index contributed by atoms with van der Waals surface area (Å²) in [5.74, 6) is -1.64. The predicted octanol–water partition coefficient (Wildman–Crippen LogP) is 2.46. The van der Waals surface area contributed by atoms with Crippen molar-refractivity contribution in [3.63, 3.8) is 0 Å². The molecule has 0 saturated heterocycles. The maximum absolute atomic E-state index is 13.6. The minimum atomic E-state index is -1.15. The summed E-state index contributed by atoms with van der Waals surface area (Å²) in [7, 11) is 0. The van der Waals surface area contributed by atoms with E-state index >= 15 is 0 Å². The zero-order valence-electron chi connectivity index (χ0n) is 11.1. The smallest absolute Gasteiger partial charge is 0.337 e. The summed E-state index contributed by atoms with van der Waals surface area (Å²) < 4.78 is 14.7. The highest BCUT2D eigenvalue weighted by Gasteiger charge is 2.17. The standard InChI is InChI=1S/C15H11FN2O3/c1-8-5-9(16)7-10(6-8)18-13-11(14(19)20)3-2-4-12(13)17-15(18)21/h2-7H,1H3,(H,17,21)(H,19,20). The Hall–Kier alpha value is -2.89. The van der Waals surface area contributed by atoms with Crippen molar-refractivity contribution in [2.45, 2.75) is 6.92 Å². The van der Waals surface area contributed by atoms with Crippen molar-refractivity contribution in [2.24, 2.45) is 0 Å². The lowest BCUT2D eigenvalue weighted by molar-refractivity contribution is 0.0698. The largest absolute Gasteiger partial charge is 0.478 e. The van der Waals surface area contributed by atoms with Crippen LogP contribution >= 0.6 is 0 Å². The van der Waals surface area contributed by atoms with Crippen LogP contribution in [0.3, 0.4) is 0 Å². The number of aryl methyl sites for hydroxylation is 1. The number of carboxylic acids is 1. The van der Waals surface area contributed by atoms with Crippen molar-refractivity contribution >= 4 is 17.0 Å². The molecular weight excluding hydrogens is 275 g/mol. The lowest BCUT2D eigenvalue weighted by Crippen LogP contribution is -2.16. The number of para-hydroxylation sites is 1. The van der Waals surface area contributed by atoms with Crippen molar-refractivity contribution in [3.8, 4) is 5.69 Å². The molecule has 0 aliphatic carbocycles. The third-order valence-corrected chi connectivity index (χ3v) is 3.22. The van der Waals surface area contributed by atoms with Gasteiger partial charge in [-0.15, -0.1) is 0 Å². The number of hydrogen-bond acceptors (Lipinski definition) is 2. The van der Waals surface area contributed by atoms with Crippen molar-refractivity contribution in [1.82, 2.24) is 9.55 Å². The number of rotatable bonds is 2. The molecule has 0 aliphatic heterocycles. The van der Waals surface area contributed by atoms with Gasteiger partial charge in [-0.3, -0.25) is 4.57 Å². The minimum Gasteiger partial charge on any atom is -0.478 e. The van der Waals surface area contributed by atoms with Crippen LogP contribution in [0.2, 0.25) is 0 Å². The van der Waals surface area contributed by atoms with Crippen LogP contribution in [0.15, 0.2) is 41.2 Å². The Kier molecular flexibility index (Phi) is 2.86. The first kappa shape index (κ1) is 13.1. The van der Waals surface area contributed by atoms with Gasteiger partial charge in [0.25, 0.3) is 0 Å². The number of nitrogens with one attached hydrogen (secondary N) is 1. The summed E-state index contributed by atoms with van der Waals surface area (Å²) in [4.78, 5) is 26.0. The highest BCUT2D eigenvalue weighted by molar-refractivity contribution is 6.01. The number of aromatic amines is 1. The number of carboxylic acid groups (broad SMARTS) is 1. The molecule has 0 unspecified atom stereocenters. The zero-order valence-corrected chi connectivity index (χ0v) is 11.1. The number of imidazole rings is 1. The lowest BCUT2D eigenvalue weighted by Gasteiger charge is -2.07. The SMILES string of the molecule is Cc1cc(F)cc(-n2c(=O)[nH]c3cccc(C(=O)O)c32)c1. The van der Waals surface area contributed by atoms with E-state index in [1.807, 2.05) is 0 Å². The van der Waals surface area contributed by atoms with Crippen molar-refractivity contribution < 1.29 is 14.3 Å². The molecule has 1 aromatic heterocycles.